The lowest BCUT2D eigenvalue weighted by molar-refractivity contribution is -0.114. The minimum absolute atomic E-state index is 0.220. The molecule has 0 radical (unpaired) electrons. The average molecular weight is 413 g/mol. The second-order valence-corrected chi connectivity index (χ2v) is 6.40. The number of nitrogens with zero attached hydrogens (tertiary/aromatic N) is 1. The van der Waals surface area contributed by atoms with Crippen molar-refractivity contribution in [3.63, 3.8) is 0 Å². The predicted molar refractivity (Wildman–Crippen MR) is 83.8 cm³/mol. The summed E-state index contributed by atoms with van der Waals surface area (Å²) in [6, 6.07) is 9.65. The standard InChI is InChI=1S/C15H8Br2FNO2/c16-9-2-4-13-10(6-9)14(20)15(21)19(13)7-8-1-3-12(18)11(17)5-8/h1-6H,7H2. The molecule has 21 heavy (non-hydrogen) atoms. The van der Waals surface area contributed by atoms with Gasteiger partial charge in [-0.05, 0) is 51.8 Å². The van der Waals surface area contributed by atoms with Crippen LogP contribution in [0.3, 0.4) is 0 Å². The maximum absolute atomic E-state index is 13.2. The van der Waals surface area contributed by atoms with Gasteiger partial charge >= 0.3 is 0 Å². The Morgan fingerprint density at radius 1 is 1.05 bits per heavy atom. The van der Waals surface area contributed by atoms with E-state index in [0.717, 1.165) is 10.0 Å². The van der Waals surface area contributed by atoms with Crippen LogP contribution in [0.25, 0.3) is 0 Å². The zero-order chi connectivity index (χ0) is 15.1. The molecule has 1 amide bonds. The monoisotopic (exact) mass is 411 g/mol. The molecule has 0 N–H and O–H groups in total. The van der Waals surface area contributed by atoms with Gasteiger partial charge < -0.3 is 4.90 Å². The number of ketones is 1. The predicted octanol–water partition coefficient (Wildman–Crippen LogP) is 4.08. The number of carbonyl (C=O) groups is 2. The van der Waals surface area contributed by atoms with Crippen LogP contribution in [-0.4, -0.2) is 11.7 Å². The van der Waals surface area contributed by atoms with Crippen LogP contribution in [0.5, 0.6) is 0 Å². The molecule has 0 aromatic heterocycles. The lowest BCUT2D eigenvalue weighted by Gasteiger charge is -2.16. The molecule has 1 aliphatic rings. The normalized spacial score (nSPS) is 13.8. The fourth-order valence-corrected chi connectivity index (χ4v) is 3.04. The number of fused-ring (bicyclic) bond motifs is 1. The van der Waals surface area contributed by atoms with Crippen molar-refractivity contribution >= 4 is 49.2 Å². The second kappa shape index (κ2) is 5.35. The fourth-order valence-electron chi connectivity index (χ4n) is 2.25. The van der Waals surface area contributed by atoms with E-state index in [9.17, 15) is 14.0 Å². The Morgan fingerprint density at radius 3 is 2.52 bits per heavy atom. The maximum atomic E-state index is 13.2. The third-order valence-electron chi connectivity index (χ3n) is 3.26. The zero-order valence-electron chi connectivity index (χ0n) is 10.6. The molecule has 0 spiro atoms. The van der Waals surface area contributed by atoms with Gasteiger partial charge in [0.2, 0.25) is 0 Å². The molecule has 106 valence electrons. The van der Waals surface area contributed by atoms with Crippen molar-refractivity contribution < 1.29 is 14.0 Å². The summed E-state index contributed by atoms with van der Waals surface area (Å²) >= 11 is 6.40. The number of hydrogen-bond acceptors (Lipinski definition) is 2. The molecule has 2 aromatic rings. The molecule has 2 aromatic carbocycles. The van der Waals surface area contributed by atoms with Crippen LogP contribution in [0.2, 0.25) is 0 Å². The van der Waals surface area contributed by atoms with Crippen molar-refractivity contribution in [2.75, 3.05) is 4.90 Å². The number of halogens is 3. The van der Waals surface area contributed by atoms with E-state index in [1.165, 1.54) is 11.0 Å². The van der Waals surface area contributed by atoms with Crippen molar-refractivity contribution in [2.24, 2.45) is 0 Å². The molecule has 0 saturated carbocycles. The molecule has 1 aliphatic heterocycles. The van der Waals surface area contributed by atoms with Gasteiger partial charge in [0.05, 0.1) is 22.3 Å². The minimum Gasteiger partial charge on any atom is -0.300 e. The Morgan fingerprint density at radius 2 is 1.81 bits per heavy atom. The number of anilines is 1. The van der Waals surface area contributed by atoms with Crippen molar-refractivity contribution in [3.05, 3.63) is 62.3 Å². The van der Waals surface area contributed by atoms with Crippen LogP contribution in [0.1, 0.15) is 15.9 Å². The van der Waals surface area contributed by atoms with Crippen molar-refractivity contribution in [1.29, 1.82) is 0 Å². The van der Waals surface area contributed by atoms with Gasteiger partial charge in [0.1, 0.15) is 5.82 Å². The summed E-state index contributed by atoms with van der Waals surface area (Å²) in [5.74, 6) is -1.46. The highest BCUT2D eigenvalue weighted by atomic mass is 79.9. The highest BCUT2D eigenvalue weighted by Gasteiger charge is 2.35. The van der Waals surface area contributed by atoms with Crippen LogP contribution in [0, 0.1) is 5.82 Å². The first kappa shape index (κ1) is 14.4. The molecule has 0 atom stereocenters. The number of Topliss-reactive ketones (excluding diaryl/α,β-unsaturated/α-hetero) is 1. The Balaban J connectivity index is 1.98. The van der Waals surface area contributed by atoms with Crippen LogP contribution < -0.4 is 4.90 Å². The van der Waals surface area contributed by atoms with Gasteiger partial charge in [-0.25, -0.2) is 4.39 Å². The summed E-state index contributed by atoms with van der Waals surface area (Å²) in [5.41, 5.74) is 1.70. The minimum atomic E-state index is -0.566. The van der Waals surface area contributed by atoms with Crippen molar-refractivity contribution in [2.45, 2.75) is 6.54 Å². The molecule has 0 aliphatic carbocycles. The van der Waals surface area contributed by atoms with E-state index in [2.05, 4.69) is 31.9 Å². The first-order valence-electron chi connectivity index (χ1n) is 6.07. The summed E-state index contributed by atoms with van der Waals surface area (Å²) in [6.45, 7) is 0.220. The van der Waals surface area contributed by atoms with Crippen LogP contribution >= 0.6 is 31.9 Å². The highest BCUT2D eigenvalue weighted by molar-refractivity contribution is 9.10. The van der Waals surface area contributed by atoms with Gasteiger partial charge in [-0.2, -0.15) is 0 Å². The molecule has 0 saturated heterocycles. The molecule has 0 fully saturated rings. The number of carbonyl (C=O) groups excluding carboxylic acids is 2. The number of rotatable bonds is 2. The molecule has 3 nitrogen and oxygen atoms in total. The lowest BCUT2D eigenvalue weighted by Crippen LogP contribution is -2.29. The largest absolute Gasteiger partial charge is 0.300 e. The van der Waals surface area contributed by atoms with Gasteiger partial charge in [0.25, 0.3) is 11.7 Å². The molecular weight excluding hydrogens is 405 g/mol. The summed E-state index contributed by atoms with van der Waals surface area (Å²) in [5, 5.41) is 0. The molecule has 0 bridgehead atoms. The van der Waals surface area contributed by atoms with Crippen LogP contribution in [0.15, 0.2) is 45.3 Å². The van der Waals surface area contributed by atoms with Crippen molar-refractivity contribution in [1.82, 2.24) is 0 Å². The van der Waals surface area contributed by atoms with Gasteiger partial charge in [0.15, 0.2) is 0 Å². The van der Waals surface area contributed by atoms with Gasteiger partial charge in [0, 0.05) is 4.47 Å². The lowest BCUT2D eigenvalue weighted by atomic mass is 10.1. The summed E-state index contributed by atoms with van der Waals surface area (Å²) in [7, 11) is 0. The Labute approximate surface area is 137 Å². The van der Waals surface area contributed by atoms with E-state index in [0.29, 0.717) is 15.7 Å². The topological polar surface area (TPSA) is 37.4 Å². The number of hydrogen-bond donors (Lipinski definition) is 0. The number of amides is 1. The Bertz CT molecular complexity index is 776. The summed E-state index contributed by atoms with van der Waals surface area (Å²) in [4.78, 5) is 25.5. The maximum Gasteiger partial charge on any atom is 0.299 e. The molecular formula is C15H8Br2FNO2. The third-order valence-corrected chi connectivity index (χ3v) is 4.36. The first-order valence-corrected chi connectivity index (χ1v) is 7.65. The van der Waals surface area contributed by atoms with Gasteiger partial charge in [-0.1, -0.05) is 22.0 Å². The Hall–Kier alpha value is -1.53. The van der Waals surface area contributed by atoms with Gasteiger partial charge in [-0.15, -0.1) is 0 Å². The Kier molecular flexibility index (Phi) is 3.67. The number of benzene rings is 2. The molecule has 1 heterocycles. The van der Waals surface area contributed by atoms with Crippen LogP contribution in [0.4, 0.5) is 10.1 Å². The average Bonchev–Trinajstić information content (AvgIpc) is 2.68. The fraction of sp³-hybridized carbons (Fsp3) is 0.0667. The summed E-state index contributed by atoms with van der Waals surface area (Å²) in [6.07, 6.45) is 0. The van der Waals surface area contributed by atoms with Gasteiger partial charge in [-0.3, -0.25) is 9.59 Å². The van der Waals surface area contributed by atoms with Crippen molar-refractivity contribution in [3.8, 4) is 0 Å². The third kappa shape index (κ3) is 2.53. The SMILES string of the molecule is O=C1C(=O)N(Cc2ccc(F)c(Br)c2)c2ccc(Br)cc21. The smallest absolute Gasteiger partial charge is 0.299 e. The van der Waals surface area contributed by atoms with E-state index < -0.39 is 11.7 Å². The molecule has 3 rings (SSSR count). The zero-order valence-corrected chi connectivity index (χ0v) is 13.7. The van der Waals surface area contributed by atoms with E-state index in [1.54, 1.807) is 30.3 Å². The molecule has 0 unspecified atom stereocenters. The van der Waals surface area contributed by atoms with E-state index in [-0.39, 0.29) is 12.4 Å². The quantitative estimate of drug-likeness (QED) is 0.697. The molecule has 6 heteroatoms. The second-order valence-electron chi connectivity index (χ2n) is 4.63. The van der Waals surface area contributed by atoms with E-state index in [4.69, 9.17) is 0 Å². The van der Waals surface area contributed by atoms with E-state index in [1.807, 2.05) is 0 Å². The van der Waals surface area contributed by atoms with Crippen LogP contribution in [-0.2, 0) is 11.3 Å². The summed E-state index contributed by atoms with van der Waals surface area (Å²) < 4.78 is 14.3. The highest BCUT2D eigenvalue weighted by Crippen LogP contribution is 2.32. The first-order chi connectivity index (χ1) is 9.97. The van der Waals surface area contributed by atoms with E-state index >= 15 is 0 Å².